The molecule has 1 heterocycles. The fourth-order valence-corrected chi connectivity index (χ4v) is 12.6. The zero-order chi connectivity index (χ0) is 34.1. The lowest BCUT2D eigenvalue weighted by Gasteiger charge is -2.36. The van der Waals surface area contributed by atoms with Gasteiger partial charge in [0, 0.05) is 16.5 Å². The number of benzene rings is 7. The normalized spacial score (nSPS) is 11.1. The highest BCUT2D eigenvalue weighted by Gasteiger charge is 2.44. The molecule has 232 valence electrons. The summed E-state index contributed by atoms with van der Waals surface area (Å²) >= 11 is 0. The van der Waals surface area contributed by atoms with Crippen LogP contribution >= 0.6 is 0 Å². The Bertz CT molecular complexity index is 2560. The summed E-state index contributed by atoms with van der Waals surface area (Å²) in [6.07, 6.45) is 0. The predicted molar refractivity (Wildman–Crippen MR) is 204 cm³/mol. The van der Waals surface area contributed by atoms with Crippen molar-refractivity contribution in [1.29, 1.82) is 15.8 Å². The Balaban J connectivity index is 1.37. The molecule has 4 nitrogen and oxygen atoms in total. The van der Waals surface area contributed by atoms with Gasteiger partial charge < -0.3 is 4.57 Å². The molecular formula is C45H28N4Si. The first-order valence-corrected chi connectivity index (χ1v) is 18.4. The van der Waals surface area contributed by atoms with Crippen LogP contribution in [0.2, 0.25) is 0 Å². The minimum atomic E-state index is -3.03. The van der Waals surface area contributed by atoms with E-state index in [1.54, 1.807) is 0 Å². The number of hydrogen-bond acceptors (Lipinski definition) is 3. The van der Waals surface area contributed by atoms with Crippen molar-refractivity contribution in [2.75, 3.05) is 0 Å². The van der Waals surface area contributed by atoms with Gasteiger partial charge in [-0.05, 0) is 86.5 Å². The molecule has 0 amide bonds. The Morgan fingerprint density at radius 2 is 0.940 bits per heavy atom. The van der Waals surface area contributed by atoms with Gasteiger partial charge in [-0.25, -0.2) is 0 Å². The van der Waals surface area contributed by atoms with Crippen molar-refractivity contribution in [1.82, 2.24) is 4.57 Å². The van der Waals surface area contributed by atoms with Gasteiger partial charge in [-0.2, -0.15) is 15.8 Å². The van der Waals surface area contributed by atoms with E-state index in [-0.39, 0.29) is 0 Å². The number of aromatic nitrogens is 1. The van der Waals surface area contributed by atoms with Crippen LogP contribution in [0, 0.1) is 34.0 Å². The van der Waals surface area contributed by atoms with Crippen LogP contribution in [0.15, 0.2) is 170 Å². The van der Waals surface area contributed by atoms with E-state index >= 15 is 0 Å². The molecule has 0 saturated heterocycles. The lowest BCUT2D eigenvalue weighted by atomic mass is 10.1. The van der Waals surface area contributed by atoms with Gasteiger partial charge in [-0.3, -0.25) is 0 Å². The van der Waals surface area contributed by atoms with Crippen molar-refractivity contribution in [2.24, 2.45) is 0 Å². The minimum Gasteiger partial charge on any atom is -0.309 e. The lowest BCUT2D eigenvalue weighted by Crippen LogP contribution is -2.75. The minimum absolute atomic E-state index is 0.577. The largest absolute Gasteiger partial charge is 0.309 e. The quantitative estimate of drug-likeness (QED) is 0.138. The molecule has 0 radical (unpaired) electrons. The van der Waals surface area contributed by atoms with Gasteiger partial charge in [0.05, 0.1) is 45.9 Å². The highest BCUT2D eigenvalue weighted by Crippen LogP contribution is 2.34. The monoisotopic (exact) mass is 652 g/mol. The topological polar surface area (TPSA) is 76.3 Å². The van der Waals surface area contributed by atoms with Crippen LogP contribution in [0.5, 0.6) is 0 Å². The van der Waals surface area contributed by atoms with Crippen LogP contribution in [0.4, 0.5) is 0 Å². The van der Waals surface area contributed by atoms with Crippen molar-refractivity contribution in [2.45, 2.75) is 0 Å². The van der Waals surface area contributed by atoms with Gasteiger partial charge in [-0.1, -0.05) is 115 Å². The molecule has 0 aliphatic rings. The third-order valence-electron chi connectivity index (χ3n) is 9.66. The van der Waals surface area contributed by atoms with Crippen LogP contribution in [0.1, 0.15) is 16.7 Å². The van der Waals surface area contributed by atoms with Crippen LogP contribution in [-0.4, -0.2) is 12.6 Å². The summed E-state index contributed by atoms with van der Waals surface area (Å²) in [5.74, 6) is 0. The van der Waals surface area contributed by atoms with E-state index < -0.39 is 8.07 Å². The average Bonchev–Trinajstić information content (AvgIpc) is 3.52. The SMILES string of the molecule is N#Cc1ccc2c(c1)c1cc(C#N)ccc1n2-c1ccc(-c2ccccc2[Si](c2ccccc2)(c2ccccc2)c2ccccc2C#N)cc1. The maximum Gasteiger partial charge on any atom is 0.181 e. The van der Waals surface area contributed by atoms with Gasteiger partial charge in [0.25, 0.3) is 0 Å². The summed E-state index contributed by atoms with van der Waals surface area (Å²) in [4.78, 5) is 0. The van der Waals surface area contributed by atoms with Crippen molar-refractivity contribution in [3.05, 3.63) is 187 Å². The van der Waals surface area contributed by atoms with E-state index in [4.69, 9.17) is 0 Å². The lowest BCUT2D eigenvalue weighted by molar-refractivity contribution is 1.18. The molecule has 0 N–H and O–H groups in total. The fraction of sp³-hybridized carbons (Fsp3) is 0. The van der Waals surface area contributed by atoms with Crippen molar-refractivity contribution in [3.8, 4) is 35.0 Å². The van der Waals surface area contributed by atoms with E-state index in [9.17, 15) is 15.8 Å². The van der Waals surface area contributed by atoms with Gasteiger partial charge >= 0.3 is 0 Å². The summed E-state index contributed by atoms with van der Waals surface area (Å²) < 4.78 is 2.19. The number of nitrogens with zero attached hydrogens (tertiary/aromatic N) is 4. The number of hydrogen-bond donors (Lipinski definition) is 0. The highest BCUT2D eigenvalue weighted by molar-refractivity contribution is 7.20. The molecule has 8 aromatic rings. The van der Waals surface area contributed by atoms with Crippen LogP contribution in [0.3, 0.4) is 0 Å². The average molecular weight is 653 g/mol. The maximum atomic E-state index is 10.5. The van der Waals surface area contributed by atoms with E-state index in [2.05, 4.69) is 126 Å². The molecular weight excluding hydrogens is 625 g/mol. The third kappa shape index (κ3) is 4.80. The zero-order valence-electron chi connectivity index (χ0n) is 27.0. The van der Waals surface area contributed by atoms with E-state index in [1.807, 2.05) is 66.7 Å². The molecule has 0 unspecified atom stereocenters. The molecule has 0 aliphatic heterocycles. The highest BCUT2D eigenvalue weighted by atomic mass is 28.3. The second-order valence-electron chi connectivity index (χ2n) is 12.3. The molecule has 0 saturated carbocycles. The number of fused-ring (bicyclic) bond motifs is 3. The first kappa shape index (κ1) is 30.4. The summed E-state index contributed by atoms with van der Waals surface area (Å²) in [6.45, 7) is 0. The van der Waals surface area contributed by atoms with Crippen molar-refractivity contribution in [3.63, 3.8) is 0 Å². The summed E-state index contributed by atoms with van der Waals surface area (Å²) in [6, 6.07) is 65.1. The van der Waals surface area contributed by atoms with Gasteiger partial charge in [0.2, 0.25) is 0 Å². The smallest absolute Gasteiger partial charge is 0.181 e. The molecule has 5 heteroatoms. The molecule has 7 aromatic carbocycles. The number of nitriles is 3. The second-order valence-corrected chi connectivity index (χ2v) is 16.0. The molecule has 0 atom stereocenters. The van der Waals surface area contributed by atoms with Crippen molar-refractivity contribution >= 4 is 50.6 Å². The molecule has 0 fully saturated rings. The van der Waals surface area contributed by atoms with Gasteiger partial charge in [-0.15, -0.1) is 0 Å². The van der Waals surface area contributed by atoms with Crippen LogP contribution in [-0.2, 0) is 0 Å². The Labute approximate surface area is 291 Å². The van der Waals surface area contributed by atoms with Gasteiger partial charge in [0.1, 0.15) is 0 Å². The Hall–Kier alpha value is -6.97. The zero-order valence-corrected chi connectivity index (χ0v) is 28.0. The molecule has 1 aromatic heterocycles. The second kappa shape index (κ2) is 12.6. The van der Waals surface area contributed by atoms with E-state index in [0.717, 1.165) is 43.8 Å². The van der Waals surface area contributed by atoms with E-state index in [1.165, 1.54) is 15.6 Å². The summed E-state index contributed by atoms with van der Waals surface area (Å²) in [7, 11) is -3.03. The molecule has 50 heavy (non-hydrogen) atoms. The Kier molecular flexibility index (Phi) is 7.63. The Morgan fingerprint density at radius 3 is 1.48 bits per heavy atom. The first-order chi connectivity index (χ1) is 24.7. The van der Waals surface area contributed by atoms with Gasteiger partial charge in [0.15, 0.2) is 8.07 Å². The predicted octanol–water partition coefficient (Wildman–Crippen LogP) is 7.44. The molecule has 8 rings (SSSR count). The Morgan fingerprint density at radius 1 is 0.440 bits per heavy atom. The summed E-state index contributed by atoms with van der Waals surface area (Å²) in [5.41, 5.74) is 6.94. The maximum absolute atomic E-state index is 10.5. The van der Waals surface area contributed by atoms with Crippen LogP contribution < -0.4 is 20.7 Å². The standard InChI is InChI=1S/C45H28N4Si/c46-29-32-19-25-42-40(27-32)41-28-33(30-47)20-26-43(41)49(42)36-23-21-34(22-24-36)39-16-8-10-18-45(39)50(37-12-3-1-4-13-37,38-14-5-2-6-15-38)44-17-9-7-11-35(44)31-48/h1-28H. The fourth-order valence-electron chi connectivity index (χ4n) is 7.51. The molecule has 0 aliphatic carbocycles. The summed E-state index contributed by atoms with van der Waals surface area (Å²) in [5, 5.41) is 36.3. The molecule has 0 bridgehead atoms. The first-order valence-electron chi connectivity index (χ1n) is 16.4. The molecule has 0 spiro atoms. The third-order valence-corrected chi connectivity index (χ3v) is 14.5. The van der Waals surface area contributed by atoms with Crippen LogP contribution in [0.25, 0.3) is 38.6 Å². The van der Waals surface area contributed by atoms with Crippen molar-refractivity contribution < 1.29 is 0 Å². The van der Waals surface area contributed by atoms with E-state index in [0.29, 0.717) is 16.7 Å². The number of rotatable bonds is 6.